The van der Waals surface area contributed by atoms with E-state index in [1.807, 2.05) is 12.2 Å². The minimum Gasteiger partial charge on any atom is -0.470 e. The fraction of sp³-hybridized carbons (Fsp3) is 0.405. The molecule has 5 aromatic rings. The smallest absolute Gasteiger partial charge is 0.416 e. The molecule has 2 aromatic carbocycles. The van der Waals surface area contributed by atoms with Crippen molar-refractivity contribution in [1.29, 1.82) is 0 Å². The van der Waals surface area contributed by atoms with Gasteiger partial charge in [0.1, 0.15) is 40.0 Å². The third-order valence-electron chi connectivity index (χ3n) is 11.7. The molecule has 5 heterocycles. The van der Waals surface area contributed by atoms with Gasteiger partial charge < -0.3 is 24.7 Å². The number of furan rings is 1. The van der Waals surface area contributed by atoms with Crippen molar-refractivity contribution in [3.8, 4) is 17.3 Å². The van der Waals surface area contributed by atoms with E-state index in [1.165, 1.54) is 29.3 Å². The van der Waals surface area contributed by atoms with Crippen LogP contribution in [0.15, 0.2) is 77.4 Å². The number of fused-ring (bicyclic) bond motifs is 5. The quantitative estimate of drug-likeness (QED) is 0.116. The number of carbonyl (C=O) groups excluding carboxylic acids is 3. The van der Waals surface area contributed by atoms with Crippen molar-refractivity contribution in [3.63, 3.8) is 0 Å². The maximum Gasteiger partial charge on any atom is 0.416 e. The van der Waals surface area contributed by atoms with E-state index in [1.54, 1.807) is 24.3 Å². The highest BCUT2D eigenvalue weighted by Crippen LogP contribution is 2.46. The van der Waals surface area contributed by atoms with Gasteiger partial charge in [0.15, 0.2) is 5.82 Å². The summed E-state index contributed by atoms with van der Waals surface area (Å²) in [5.74, 6) is -2.46. The Balaban J connectivity index is 1.07. The van der Waals surface area contributed by atoms with Gasteiger partial charge in [-0.2, -0.15) is 18.2 Å². The number of nitrogens with one attached hydrogen (secondary N) is 3. The van der Waals surface area contributed by atoms with Crippen molar-refractivity contribution in [2.75, 3.05) is 11.9 Å². The van der Waals surface area contributed by atoms with Gasteiger partial charge in [-0.05, 0) is 68.9 Å². The van der Waals surface area contributed by atoms with Gasteiger partial charge in [0.05, 0.1) is 17.4 Å². The van der Waals surface area contributed by atoms with Crippen LogP contribution in [-0.2, 0) is 30.6 Å². The number of para-hydroxylation sites is 1. The van der Waals surface area contributed by atoms with Crippen molar-refractivity contribution in [2.24, 2.45) is 5.92 Å². The molecule has 3 N–H and O–H groups in total. The molecule has 9 rings (SSSR count). The summed E-state index contributed by atoms with van der Waals surface area (Å²) in [6.07, 6.45) is 3.77. The topological polar surface area (TPSA) is 199 Å². The second-order valence-electron chi connectivity index (χ2n) is 16.1. The van der Waals surface area contributed by atoms with Gasteiger partial charge in [0.25, 0.3) is 11.8 Å². The largest absolute Gasteiger partial charge is 0.470 e. The Bertz CT molecular complexity index is 2710. The molecule has 4 aliphatic rings. The molecule has 3 aromatic heterocycles. The minimum atomic E-state index is -4.56. The van der Waals surface area contributed by atoms with E-state index in [9.17, 15) is 36.0 Å². The van der Waals surface area contributed by atoms with Crippen LogP contribution in [-0.4, -0.2) is 86.5 Å². The third-order valence-corrected chi connectivity index (χ3v) is 13.7. The normalized spacial score (nSPS) is 25.3. The van der Waals surface area contributed by atoms with Crippen molar-refractivity contribution >= 4 is 67.4 Å². The highest BCUT2D eigenvalue weighted by Gasteiger charge is 2.62. The number of anilines is 1. The standard InChI is InChI=1S/C42H40ClF3N8O7S/c43-32-18-19-47-40(49-32)48-29-10-5-3-1-2-4-8-25-21-41(25,39(57)53-62(58,59)27-16-17-27)52-36(55)30-20-26(22-54(30)38(29)56)60-37-34-33(28-9-6-7-11-31(28)61-34)50-35(51-37)23-12-14-24(15-13-23)42(44,45)46/h4,6-9,11-15,18-19,25-27,29-30H,1-3,5,10,16-17,20-22H2,(H,52,55)(H,53,57)(H,47,48,49)/b8-4-/t25-,26-,29+,30+,41-/m1/s1. The molecule has 20 heteroatoms. The van der Waals surface area contributed by atoms with Crippen molar-refractivity contribution < 1.29 is 45.1 Å². The first-order valence-electron chi connectivity index (χ1n) is 20.3. The number of aromatic nitrogens is 4. The molecule has 2 aliphatic carbocycles. The molecule has 1 saturated heterocycles. The van der Waals surface area contributed by atoms with E-state index in [2.05, 4.69) is 35.3 Å². The van der Waals surface area contributed by atoms with E-state index in [0.717, 1.165) is 25.0 Å². The van der Waals surface area contributed by atoms with Crippen LogP contribution in [0.5, 0.6) is 5.88 Å². The molecular weight excluding hydrogens is 853 g/mol. The van der Waals surface area contributed by atoms with Crippen LogP contribution in [0, 0.1) is 5.92 Å². The Hall–Kier alpha value is -5.82. The van der Waals surface area contributed by atoms with Gasteiger partial charge in [0.2, 0.25) is 33.4 Å². The molecule has 15 nitrogen and oxygen atoms in total. The number of alkyl halides is 3. The minimum absolute atomic E-state index is 0.0437. The molecule has 5 atom stereocenters. The van der Waals surface area contributed by atoms with Crippen LogP contribution in [0.2, 0.25) is 5.15 Å². The molecule has 324 valence electrons. The van der Waals surface area contributed by atoms with Crippen LogP contribution < -0.4 is 20.1 Å². The van der Waals surface area contributed by atoms with Gasteiger partial charge in [-0.15, -0.1) is 0 Å². The fourth-order valence-electron chi connectivity index (χ4n) is 8.15. The maximum atomic E-state index is 14.8. The molecule has 0 spiro atoms. The first-order valence-corrected chi connectivity index (χ1v) is 22.2. The van der Waals surface area contributed by atoms with E-state index in [-0.39, 0.29) is 53.3 Å². The van der Waals surface area contributed by atoms with E-state index in [4.69, 9.17) is 20.8 Å². The van der Waals surface area contributed by atoms with Crippen molar-refractivity contribution in [3.05, 3.63) is 83.7 Å². The number of benzene rings is 2. The number of hydrogen-bond donors (Lipinski definition) is 3. The summed E-state index contributed by atoms with van der Waals surface area (Å²) in [6.45, 7) is -0.147. The molecule has 2 aliphatic heterocycles. The highest BCUT2D eigenvalue weighted by atomic mass is 35.5. The number of allylic oxidation sites excluding steroid dienone is 1. The van der Waals surface area contributed by atoms with Crippen molar-refractivity contribution in [2.45, 2.75) is 92.9 Å². The Kier molecular flexibility index (Phi) is 10.8. The molecule has 3 amide bonds. The second-order valence-corrected chi connectivity index (χ2v) is 18.4. The third kappa shape index (κ3) is 8.39. The lowest BCUT2D eigenvalue weighted by atomic mass is 10.0. The summed E-state index contributed by atoms with van der Waals surface area (Å²) in [5.41, 5.74) is -1.26. The number of carbonyl (C=O) groups is 3. The van der Waals surface area contributed by atoms with E-state index >= 15 is 0 Å². The number of amides is 3. The van der Waals surface area contributed by atoms with Crippen LogP contribution in [0.25, 0.3) is 33.5 Å². The van der Waals surface area contributed by atoms with Gasteiger partial charge in [0, 0.05) is 29.5 Å². The summed E-state index contributed by atoms with van der Waals surface area (Å²) < 4.78 is 81.2. The summed E-state index contributed by atoms with van der Waals surface area (Å²) in [7, 11) is -3.96. The Morgan fingerprint density at radius 2 is 1.79 bits per heavy atom. The first-order chi connectivity index (χ1) is 29.7. The summed E-state index contributed by atoms with van der Waals surface area (Å²) in [5, 5.41) is 6.02. The summed E-state index contributed by atoms with van der Waals surface area (Å²) in [6, 6.07) is 10.7. The second kappa shape index (κ2) is 16.1. The average Bonchev–Trinajstić information content (AvgIpc) is 4.14. The summed E-state index contributed by atoms with van der Waals surface area (Å²) >= 11 is 6.16. The molecule has 3 fully saturated rings. The van der Waals surface area contributed by atoms with E-state index < -0.39 is 74.4 Å². The highest BCUT2D eigenvalue weighted by molar-refractivity contribution is 7.91. The van der Waals surface area contributed by atoms with Gasteiger partial charge >= 0.3 is 6.18 Å². The lowest BCUT2D eigenvalue weighted by Gasteiger charge is -2.30. The zero-order valence-corrected chi connectivity index (χ0v) is 34.5. The number of rotatable bonds is 8. The SMILES string of the molecule is O=C1N[C@]2(C(=O)NS(=O)(=O)C3CC3)C[C@H]2/C=C\CCCCC[C@H](Nc2nccc(Cl)n2)C(=O)N2C[C@H](Oc3nc(-c4ccc(C(F)(F)F)cc4)nc4c3oc3ccccc34)C[C@@H]12. The molecule has 0 unspecified atom stereocenters. The first kappa shape index (κ1) is 41.5. The Morgan fingerprint density at radius 1 is 1.00 bits per heavy atom. The van der Waals surface area contributed by atoms with Gasteiger partial charge in [-0.25, -0.2) is 23.4 Å². The zero-order chi connectivity index (χ0) is 43.4. The van der Waals surface area contributed by atoms with E-state index in [0.29, 0.717) is 48.6 Å². The number of halogens is 4. The monoisotopic (exact) mass is 892 g/mol. The van der Waals surface area contributed by atoms with Gasteiger partial charge in [-0.3, -0.25) is 19.1 Å². The van der Waals surface area contributed by atoms with Crippen LogP contribution >= 0.6 is 11.6 Å². The number of sulfonamides is 1. The Morgan fingerprint density at radius 3 is 2.55 bits per heavy atom. The maximum absolute atomic E-state index is 14.8. The molecule has 0 radical (unpaired) electrons. The molecule has 0 bridgehead atoms. The van der Waals surface area contributed by atoms with Crippen LogP contribution in [0.4, 0.5) is 19.1 Å². The number of ether oxygens (including phenoxy) is 1. The predicted molar refractivity (Wildman–Crippen MR) is 220 cm³/mol. The van der Waals surface area contributed by atoms with Crippen LogP contribution in [0.3, 0.4) is 0 Å². The molecule has 2 saturated carbocycles. The lowest BCUT2D eigenvalue weighted by molar-refractivity contribution is -0.140. The zero-order valence-electron chi connectivity index (χ0n) is 32.9. The number of nitrogens with zero attached hydrogens (tertiary/aromatic N) is 5. The molecule has 62 heavy (non-hydrogen) atoms. The Labute approximate surface area is 357 Å². The lowest BCUT2D eigenvalue weighted by Crippen LogP contribution is -2.57. The van der Waals surface area contributed by atoms with Gasteiger partial charge in [-0.1, -0.05) is 60.9 Å². The average molecular weight is 893 g/mol. The number of hydrogen-bond acceptors (Lipinski definition) is 12. The fourth-order valence-corrected chi connectivity index (χ4v) is 9.65. The predicted octanol–water partition coefficient (Wildman–Crippen LogP) is 6.34. The molecular formula is C42H40ClF3N8O7S. The van der Waals surface area contributed by atoms with Crippen LogP contribution in [0.1, 0.15) is 63.4 Å². The summed E-state index contributed by atoms with van der Waals surface area (Å²) in [4.78, 5) is 62.3. The van der Waals surface area contributed by atoms with Crippen molar-refractivity contribution in [1.82, 2.24) is 34.9 Å².